The topological polar surface area (TPSA) is 109 Å². The van der Waals surface area contributed by atoms with Crippen LogP contribution >= 0.6 is 0 Å². The van der Waals surface area contributed by atoms with Crippen LogP contribution in [0.25, 0.3) is 22.4 Å². The molecule has 1 aliphatic rings. The predicted octanol–water partition coefficient (Wildman–Crippen LogP) is 4.13. The van der Waals surface area contributed by atoms with E-state index in [0.717, 1.165) is 25.5 Å². The Balaban J connectivity index is 2.00. The summed E-state index contributed by atoms with van der Waals surface area (Å²) >= 11 is 0. The molecule has 0 amide bonds. The zero-order chi connectivity index (χ0) is 27.0. The number of sulfone groups is 1. The number of alkyl halides is 3. The molecule has 0 radical (unpaired) electrons. The van der Waals surface area contributed by atoms with Crippen molar-refractivity contribution >= 4 is 25.7 Å². The van der Waals surface area contributed by atoms with Crippen LogP contribution < -0.4 is 9.62 Å². The number of hydrogen-bond acceptors (Lipinski definition) is 7. The average molecular weight is 555 g/mol. The van der Waals surface area contributed by atoms with Gasteiger partial charge in [0.15, 0.2) is 9.84 Å². The molecular formula is C24H25F3N4O4S2. The van der Waals surface area contributed by atoms with Gasteiger partial charge in [-0.25, -0.2) is 31.5 Å². The maximum Gasteiger partial charge on any atom is 0.451 e. The van der Waals surface area contributed by atoms with Gasteiger partial charge in [0.05, 0.1) is 21.0 Å². The van der Waals surface area contributed by atoms with Gasteiger partial charge in [0, 0.05) is 24.9 Å². The maximum atomic E-state index is 13.9. The van der Waals surface area contributed by atoms with Crippen LogP contribution in [0, 0.1) is 0 Å². The summed E-state index contributed by atoms with van der Waals surface area (Å²) in [7, 11) is -5.98. The Morgan fingerprint density at radius 1 is 0.811 bits per heavy atom. The highest BCUT2D eigenvalue weighted by Gasteiger charge is 2.37. The van der Waals surface area contributed by atoms with Crippen molar-refractivity contribution in [1.29, 1.82) is 0 Å². The number of halogens is 3. The SMILES string of the molecule is CNS(=O)(=O)c1ccc(-c2c(-c3ccc(S(C)(=O)=O)cc3)nc(C(F)(F)F)nc2N2CCCCC2)cc1. The number of sulfonamides is 1. The van der Waals surface area contributed by atoms with Gasteiger partial charge in [-0.15, -0.1) is 0 Å². The van der Waals surface area contributed by atoms with Crippen molar-refractivity contribution in [2.45, 2.75) is 35.2 Å². The van der Waals surface area contributed by atoms with Crippen LogP contribution in [0.2, 0.25) is 0 Å². The Kier molecular flexibility index (Phi) is 7.32. The molecule has 0 saturated carbocycles. The zero-order valence-electron chi connectivity index (χ0n) is 20.1. The largest absolute Gasteiger partial charge is 0.451 e. The molecule has 13 heteroatoms. The molecule has 1 fully saturated rings. The third kappa shape index (κ3) is 5.78. The Hall–Kier alpha value is -3.03. The molecule has 37 heavy (non-hydrogen) atoms. The van der Waals surface area contributed by atoms with Gasteiger partial charge in [-0.1, -0.05) is 24.3 Å². The molecule has 0 unspecified atom stereocenters. The van der Waals surface area contributed by atoms with Crippen molar-refractivity contribution in [2.75, 3.05) is 31.3 Å². The van der Waals surface area contributed by atoms with Gasteiger partial charge in [0.1, 0.15) is 5.82 Å². The summed E-state index contributed by atoms with van der Waals surface area (Å²) in [6.07, 6.45) is -1.28. The highest BCUT2D eigenvalue weighted by atomic mass is 32.2. The van der Waals surface area contributed by atoms with Gasteiger partial charge in [0.25, 0.3) is 0 Å². The lowest BCUT2D eigenvalue weighted by molar-refractivity contribution is -0.144. The van der Waals surface area contributed by atoms with E-state index in [0.29, 0.717) is 24.2 Å². The van der Waals surface area contributed by atoms with Crippen LogP contribution in [0.5, 0.6) is 0 Å². The first-order chi connectivity index (χ1) is 17.3. The van der Waals surface area contributed by atoms with Crippen LogP contribution in [-0.2, 0) is 26.0 Å². The summed E-state index contributed by atoms with van der Waals surface area (Å²) in [5.41, 5.74) is 0.953. The van der Waals surface area contributed by atoms with Crippen LogP contribution in [0.15, 0.2) is 58.3 Å². The predicted molar refractivity (Wildman–Crippen MR) is 133 cm³/mol. The summed E-state index contributed by atoms with van der Waals surface area (Å²) in [5.74, 6) is -1.22. The normalized spacial score (nSPS) is 15.1. The van der Waals surface area contributed by atoms with Crippen LogP contribution in [-0.4, -0.2) is 53.2 Å². The monoisotopic (exact) mass is 554 g/mol. The molecule has 0 spiro atoms. The van der Waals surface area contributed by atoms with Crippen molar-refractivity contribution in [3.63, 3.8) is 0 Å². The lowest BCUT2D eigenvalue weighted by Gasteiger charge is -2.31. The fourth-order valence-corrected chi connectivity index (χ4v) is 5.52. The summed E-state index contributed by atoms with van der Waals surface area (Å²) in [4.78, 5) is 9.61. The van der Waals surface area contributed by atoms with Crippen LogP contribution in [0.1, 0.15) is 25.1 Å². The minimum atomic E-state index is -4.82. The lowest BCUT2D eigenvalue weighted by Crippen LogP contribution is -2.32. The molecule has 1 aliphatic heterocycles. The molecule has 1 saturated heterocycles. The summed E-state index contributed by atoms with van der Waals surface area (Å²) < 4.78 is 92.2. The van der Waals surface area contributed by atoms with Crippen LogP contribution in [0.4, 0.5) is 19.0 Å². The first-order valence-electron chi connectivity index (χ1n) is 11.4. The Morgan fingerprint density at radius 2 is 1.35 bits per heavy atom. The fourth-order valence-electron chi connectivity index (χ4n) is 4.16. The number of nitrogens with one attached hydrogen (secondary N) is 1. The van der Waals surface area contributed by atoms with E-state index < -0.39 is 31.9 Å². The number of aromatic nitrogens is 2. The van der Waals surface area contributed by atoms with E-state index in [9.17, 15) is 30.0 Å². The molecule has 198 valence electrons. The highest BCUT2D eigenvalue weighted by Crippen LogP contribution is 2.41. The maximum absolute atomic E-state index is 13.9. The number of hydrogen-bond donors (Lipinski definition) is 1. The number of nitrogens with zero attached hydrogens (tertiary/aromatic N) is 3. The molecule has 3 aromatic rings. The van der Waals surface area contributed by atoms with E-state index in [4.69, 9.17) is 0 Å². The second kappa shape index (κ2) is 10.0. The molecule has 4 rings (SSSR count). The molecule has 2 heterocycles. The molecule has 0 atom stereocenters. The Labute approximate surface area is 213 Å². The third-order valence-corrected chi connectivity index (χ3v) is 8.64. The summed E-state index contributed by atoms with van der Waals surface area (Å²) in [6.45, 7) is 1.000. The van der Waals surface area contributed by atoms with E-state index in [-0.39, 0.29) is 26.9 Å². The first kappa shape index (κ1) is 27.0. The number of piperidine rings is 1. The molecule has 1 aromatic heterocycles. The van der Waals surface area contributed by atoms with E-state index in [2.05, 4.69) is 14.7 Å². The average Bonchev–Trinajstić information content (AvgIpc) is 2.87. The van der Waals surface area contributed by atoms with Crippen molar-refractivity contribution in [3.05, 3.63) is 54.4 Å². The summed E-state index contributed by atoms with van der Waals surface area (Å²) in [6, 6.07) is 11.1. The van der Waals surface area contributed by atoms with Gasteiger partial charge >= 0.3 is 6.18 Å². The lowest BCUT2D eigenvalue weighted by atomic mass is 9.98. The highest BCUT2D eigenvalue weighted by molar-refractivity contribution is 7.90. The Bertz CT molecular complexity index is 1500. The van der Waals surface area contributed by atoms with Gasteiger partial charge in [-0.2, -0.15) is 13.2 Å². The molecule has 0 bridgehead atoms. The minimum Gasteiger partial charge on any atom is -0.356 e. The van der Waals surface area contributed by atoms with Crippen molar-refractivity contribution < 1.29 is 30.0 Å². The van der Waals surface area contributed by atoms with Crippen molar-refractivity contribution in [1.82, 2.24) is 14.7 Å². The Morgan fingerprint density at radius 3 is 1.86 bits per heavy atom. The second-order valence-electron chi connectivity index (χ2n) is 8.67. The van der Waals surface area contributed by atoms with Crippen molar-refractivity contribution in [3.8, 4) is 22.4 Å². The molecule has 1 N–H and O–H groups in total. The first-order valence-corrected chi connectivity index (χ1v) is 14.8. The van der Waals surface area contributed by atoms with E-state index in [1.165, 1.54) is 55.6 Å². The van der Waals surface area contributed by atoms with E-state index >= 15 is 0 Å². The second-order valence-corrected chi connectivity index (χ2v) is 12.6. The minimum absolute atomic E-state index is 0.00911. The van der Waals surface area contributed by atoms with Gasteiger partial charge in [-0.3, -0.25) is 0 Å². The van der Waals surface area contributed by atoms with E-state index in [1.54, 1.807) is 4.90 Å². The van der Waals surface area contributed by atoms with E-state index in [1.807, 2.05) is 0 Å². The molecule has 8 nitrogen and oxygen atoms in total. The van der Waals surface area contributed by atoms with Gasteiger partial charge < -0.3 is 4.90 Å². The smallest absolute Gasteiger partial charge is 0.356 e. The molecule has 2 aromatic carbocycles. The number of anilines is 1. The van der Waals surface area contributed by atoms with Gasteiger partial charge in [-0.05, 0) is 56.1 Å². The van der Waals surface area contributed by atoms with Crippen molar-refractivity contribution in [2.24, 2.45) is 0 Å². The number of rotatable bonds is 6. The van der Waals surface area contributed by atoms with Gasteiger partial charge in [0.2, 0.25) is 15.8 Å². The summed E-state index contributed by atoms with van der Waals surface area (Å²) in [5, 5.41) is 0. The fraction of sp³-hybridized carbons (Fsp3) is 0.333. The number of benzene rings is 2. The third-order valence-electron chi connectivity index (χ3n) is 6.08. The molecule has 0 aliphatic carbocycles. The standard InChI is InChI=1S/C24H25F3N4O4S2/c1-28-37(34,35)19-12-6-16(7-13-19)20-21(17-8-10-18(11-9-17)36(2,32)33)29-23(24(25,26)27)30-22(20)31-14-4-3-5-15-31/h6-13,28H,3-5,14-15H2,1-2H3. The van der Waals surface area contributed by atoms with Crippen LogP contribution in [0.3, 0.4) is 0 Å². The quantitative estimate of drug-likeness (QED) is 0.488. The molecular weight excluding hydrogens is 529 g/mol. The zero-order valence-corrected chi connectivity index (χ0v) is 21.7.